The van der Waals surface area contributed by atoms with Crippen LogP contribution >= 0.6 is 0 Å². The zero-order valence-corrected chi connectivity index (χ0v) is 19.6. The van der Waals surface area contributed by atoms with Crippen molar-refractivity contribution in [2.24, 2.45) is 5.92 Å². The Morgan fingerprint density at radius 3 is 2.24 bits per heavy atom. The van der Waals surface area contributed by atoms with Gasteiger partial charge in [0.2, 0.25) is 0 Å². The second-order valence-corrected chi connectivity index (χ2v) is 8.13. The van der Waals surface area contributed by atoms with E-state index in [-0.39, 0.29) is 36.9 Å². The lowest BCUT2D eigenvalue weighted by molar-refractivity contribution is 0.292. The van der Waals surface area contributed by atoms with Crippen molar-refractivity contribution in [1.82, 2.24) is 4.90 Å². The summed E-state index contributed by atoms with van der Waals surface area (Å²) in [5.41, 5.74) is 0.120. The van der Waals surface area contributed by atoms with Gasteiger partial charge in [-0.2, -0.15) is 5.26 Å². The predicted molar refractivity (Wildman–Crippen MR) is 132 cm³/mol. The number of rotatable bonds is 13. The average molecular weight is 464 g/mol. The molecule has 0 aliphatic carbocycles. The van der Waals surface area contributed by atoms with Crippen LogP contribution in [0.25, 0.3) is 0 Å². The van der Waals surface area contributed by atoms with Gasteiger partial charge in [0.15, 0.2) is 23.0 Å². The lowest BCUT2D eigenvalue weighted by Crippen LogP contribution is -2.32. The molecule has 1 unspecified atom stereocenters. The Labute approximate surface area is 211 Å². The van der Waals surface area contributed by atoms with Gasteiger partial charge in [0, 0.05) is 10.7 Å². The number of benzene rings is 2. The number of hydrogen-bond donors (Lipinski definition) is 0. The fraction of sp³-hybridized carbons (Fsp3) is 0.519. The van der Waals surface area contributed by atoms with Gasteiger partial charge >= 0.3 is 0 Å². The minimum atomic E-state index is -2.90. The van der Waals surface area contributed by atoms with Crippen molar-refractivity contribution in [3.63, 3.8) is 0 Å². The minimum absolute atomic E-state index is 0.165. The maximum Gasteiger partial charge on any atom is 0.161 e. The molecule has 0 N–H and O–H groups in total. The number of nitrogens with zero attached hydrogens (tertiary/aromatic N) is 2. The van der Waals surface area contributed by atoms with Crippen molar-refractivity contribution in [2.75, 3.05) is 48.4 Å². The van der Waals surface area contributed by atoms with Crippen molar-refractivity contribution in [3.05, 3.63) is 47.5 Å². The maximum atomic E-state index is 10.4. The van der Waals surface area contributed by atoms with Crippen molar-refractivity contribution < 1.29 is 31.3 Å². The minimum Gasteiger partial charge on any atom is -0.493 e. The van der Waals surface area contributed by atoms with E-state index >= 15 is 0 Å². The van der Waals surface area contributed by atoms with Crippen molar-refractivity contribution in [2.45, 2.75) is 38.5 Å². The Morgan fingerprint density at radius 1 is 0.939 bits per heavy atom. The van der Waals surface area contributed by atoms with Crippen molar-refractivity contribution in [1.29, 1.82) is 5.26 Å². The van der Waals surface area contributed by atoms with Crippen molar-refractivity contribution >= 4 is 0 Å². The summed E-state index contributed by atoms with van der Waals surface area (Å²) in [5, 5.41) is 10.4. The van der Waals surface area contributed by atoms with Crippen LogP contribution in [0, 0.1) is 17.2 Å². The second-order valence-electron chi connectivity index (χ2n) is 8.13. The highest BCUT2D eigenvalue weighted by molar-refractivity contribution is 5.47. The molecule has 1 atom stereocenters. The second kappa shape index (κ2) is 12.4. The van der Waals surface area contributed by atoms with Gasteiger partial charge in [0.25, 0.3) is 0 Å². The van der Waals surface area contributed by atoms with Gasteiger partial charge in [-0.05, 0) is 74.1 Å². The zero-order chi connectivity index (χ0) is 31.9. The molecule has 0 fully saturated rings. The quantitative estimate of drug-likeness (QED) is 0.412. The fourth-order valence-electron chi connectivity index (χ4n) is 3.93. The Balaban J connectivity index is 2.31. The predicted octanol–water partition coefficient (Wildman–Crippen LogP) is 5.09. The van der Waals surface area contributed by atoms with Gasteiger partial charge in [0.05, 0.1) is 48.0 Å². The van der Waals surface area contributed by atoms with Crippen LogP contribution in [0.1, 0.15) is 50.2 Å². The first-order valence-corrected chi connectivity index (χ1v) is 10.7. The van der Waals surface area contributed by atoms with Crippen LogP contribution in [-0.2, 0) is 11.8 Å². The summed E-state index contributed by atoms with van der Waals surface area (Å²) >= 11 is 0. The molecule has 6 nitrogen and oxygen atoms in total. The molecule has 180 valence electrons. The highest BCUT2D eigenvalue weighted by Crippen LogP contribution is 2.40. The molecule has 0 amide bonds. The highest BCUT2D eigenvalue weighted by atomic mass is 16.5. The normalized spacial score (nSPS) is 18.0. The third-order valence-electron chi connectivity index (χ3n) is 5.98. The van der Waals surface area contributed by atoms with Crippen LogP contribution in [0.5, 0.6) is 23.0 Å². The summed E-state index contributed by atoms with van der Waals surface area (Å²) in [6.45, 7) is 1.68. The van der Waals surface area contributed by atoms with Gasteiger partial charge in [-0.3, -0.25) is 0 Å². The molecule has 0 saturated heterocycles. The van der Waals surface area contributed by atoms with Gasteiger partial charge in [-0.1, -0.05) is 26.0 Å². The van der Waals surface area contributed by atoms with Crippen LogP contribution < -0.4 is 18.9 Å². The first-order valence-electron chi connectivity index (χ1n) is 15.2. The SMILES string of the molecule is [2H]C([2H])([2H])Oc1ccc(C(C#N)(CCCN(CCc2ccc(OC)c(OC)c2)C([2H])([2H])[2H])C(C)C)cc1OC([2H])([2H])[2H]. The number of ether oxygens (including phenoxy) is 4. The highest BCUT2D eigenvalue weighted by Gasteiger charge is 2.36. The van der Waals surface area contributed by atoms with Crippen LogP contribution in [0.15, 0.2) is 36.4 Å². The number of nitriles is 1. The molecule has 6 heteroatoms. The smallest absolute Gasteiger partial charge is 0.161 e. The molecular weight excluding hydrogens is 416 g/mol. The van der Waals surface area contributed by atoms with Crippen LogP contribution in [0.4, 0.5) is 0 Å². The van der Waals surface area contributed by atoms with Gasteiger partial charge in [-0.15, -0.1) is 0 Å². The van der Waals surface area contributed by atoms with E-state index in [4.69, 9.17) is 31.3 Å². The van der Waals surface area contributed by atoms with Crippen LogP contribution in [-0.4, -0.2) is 53.3 Å². The molecule has 0 bridgehead atoms. The third-order valence-corrected chi connectivity index (χ3v) is 5.98. The third kappa shape index (κ3) is 6.33. The molecule has 2 aromatic carbocycles. The molecule has 0 saturated carbocycles. The Morgan fingerprint density at radius 2 is 1.61 bits per heavy atom. The van der Waals surface area contributed by atoms with E-state index in [1.165, 1.54) is 37.3 Å². The summed E-state index contributed by atoms with van der Waals surface area (Å²) in [6.07, 6.45) is 1.02. The summed E-state index contributed by atoms with van der Waals surface area (Å²) in [7, 11) is -2.69. The lowest BCUT2D eigenvalue weighted by atomic mass is 9.69. The first-order chi connectivity index (χ1) is 19.3. The number of methoxy groups -OCH3 is 4. The standard InChI is InChI=1S/C27H38N2O4/c1-20(2)27(19-28,22-10-12-24(31-5)26(18-22)33-7)14-8-15-29(3)16-13-21-9-11-23(30-4)25(17-21)32-6/h9-12,17-18,20H,8,13-16H2,1-7H3/i3D3,5D3,7D3. The summed E-state index contributed by atoms with van der Waals surface area (Å²) in [4.78, 5) is 1.38. The maximum absolute atomic E-state index is 10.4. The number of hydrogen-bond acceptors (Lipinski definition) is 6. The van der Waals surface area contributed by atoms with E-state index in [2.05, 4.69) is 6.07 Å². The summed E-state index contributed by atoms with van der Waals surface area (Å²) in [6, 6.07) is 11.9. The monoisotopic (exact) mass is 463 g/mol. The molecule has 0 aliphatic heterocycles. The van der Waals surface area contributed by atoms with Gasteiger partial charge < -0.3 is 23.8 Å². The molecule has 2 aromatic rings. The summed E-state index contributed by atoms with van der Waals surface area (Å²) < 4.78 is 89.4. The Kier molecular flexibility index (Phi) is 5.93. The molecule has 0 aromatic heterocycles. The zero-order valence-electron chi connectivity index (χ0n) is 28.6. The average Bonchev–Trinajstić information content (AvgIpc) is 2.86. The van der Waals surface area contributed by atoms with Crippen molar-refractivity contribution in [3.8, 4) is 29.1 Å². The van der Waals surface area contributed by atoms with Gasteiger partial charge in [-0.25, -0.2) is 0 Å². The van der Waals surface area contributed by atoms with Crippen LogP contribution in [0.2, 0.25) is 0 Å². The van der Waals surface area contributed by atoms with E-state index < -0.39 is 26.5 Å². The first kappa shape index (κ1) is 15.8. The molecular formula is C27H38N2O4. The Hall–Kier alpha value is -2.91. The number of likely N-dealkylation sites (N-methyl/N-ethyl adjacent to an activating group) is 1. The molecule has 2 rings (SSSR count). The molecule has 33 heavy (non-hydrogen) atoms. The fourth-order valence-corrected chi connectivity index (χ4v) is 3.93. The Bertz CT molecular complexity index is 1220. The van der Waals surface area contributed by atoms with E-state index in [1.54, 1.807) is 12.1 Å². The van der Waals surface area contributed by atoms with E-state index in [1.807, 2.05) is 19.9 Å². The topological polar surface area (TPSA) is 64.0 Å². The molecule has 0 aliphatic rings. The van der Waals surface area contributed by atoms with Gasteiger partial charge in [0.1, 0.15) is 0 Å². The van der Waals surface area contributed by atoms with E-state index in [0.717, 1.165) is 5.56 Å². The molecule has 0 spiro atoms. The molecule has 0 heterocycles. The largest absolute Gasteiger partial charge is 0.493 e. The van der Waals surface area contributed by atoms with E-state index in [9.17, 15) is 5.26 Å². The molecule has 0 radical (unpaired) electrons. The summed E-state index contributed by atoms with van der Waals surface area (Å²) in [5.74, 6) is 0.215. The lowest BCUT2D eigenvalue weighted by Gasteiger charge is -2.32. The van der Waals surface area contributed by atoms with E-state index in [0.29, 0.717) is 29.9 Å². The van der Waals surface area contributed by atoms with Crippen LogP contribution in [0.3, 0.4) is 0 Å².